The highest BCUT2D eigenvalue weighted by atomic mass is 16.5. The van der Waals surface area contributed by atoms with Gasteiger partial charge >= 0.3 is 6.09 Å². The summed E-state index contributed by atoms with van der Waals surface area (Å²) < 4.78 is 5.19. The number of carboxylic acid groups (broad SMARTS) is 1. The van der Waals surface area contributed by atoms with Gasteiger partial charge in [0.15, 0.2) is 0 Å². The lowest BCUT2D eigenvalue weighted by atomic mass is 9.87. The molecular formula is C10H19NO3. The van der Waals surface area contributed by atoms with E-state index in [9.17, 15) is 4.79 Å². The molecule has 14 heavy (non-hydrogen) atoms. The Hall–Kier alpha value is -0.770. The average Bonchev–Trinajstić information content (AvgIpc) is 2.54. The normalized spacial score (nSPS) is 19.6. The van der Waals surface area contributed by atoms with Crippen molar-refractivity contribution in [2.45, 2.75) is 25.7 Å². The van der Waals surface area contributed by atoms with Gasteiger partial charge in [0.2, 0.25) is 0 Å². The summed E-state index contributed by atoms with van der Waals surface area (Å²) in [5, 5.41) is 8.81. The maximum absolute atomic E-state index is 10.7. The third-order valence-electron chi connectivity index (χ3n) is 3.01. The number of amides is 1. The molecule has 0 atom stereocenters. The van der Waals surface area contributed by atoms with Crippen molar-refractivity contribution >= 4 is 6.09 Å². The Kier molecular flexibility index (Phi) is 3.75. The van der Waals surface area contributed by atoms with E-state index in [0.29, 0.717) is 13.2 Å². The van der Waals surface area contributed by atoms with Gasteiger partial charge in [-0.1, -0.05) is 12.8 Å². The third-order valence-corrected chi connectivity index (χ3v) is 3.01. The van der Waals surface area contributed by atoms with Gasteiger partial charge in [0.05, 0.1) is 6.61 Å². The average molecular weight is 201 g/mol. The van der Waals surface area contributed by atoms with Gasteiger partial charge in [-0.05, 0) is 12.8 Å². The number of rotatable bonds is 4. The molecule has 0 aromatic rings. The van der Waals surface area contributed by atoms with Crippen molar-refractivity contribution in [2.75, 3.05) is 27.3 Å². The van der Waals surface area contributed by atoms with Crippen LogP contribution >= 0.6 is 0 Å². The van der Waals surface area contributed by atoms with Gasteiger partial charge in [-0.25, -0.2) is 4.79 Å². The fourth-order valence-corrected chi connectivity index (χ4v) is 2.35. The minimum absolute atomic E-state index is 0.0713. The van der Waals surface area contributed by atoms with Crippen molar-refractivity contribution in [3.05, 3.63) is 0 Å². The molecular weight excluding hydrogens is 182 g/mol. The standard InChI is InChI=1S/C10H19NO3/c1-11(9(12)13)7-10(8-14-2)5-3-4-6-10/h3-8H2,1-2H3,(H,12,13). The molecule has 0 heterocycles. The minimum atomic E-state index is -0.854. The zero-order chi connectivity index (χ0) is 10.6. The summed E-state index contributed by atoms with van der Waals surface area (Å²) in [5.41, 5.74) is 0.0713. The quantitative estimate of drug-likeness (QED) is 0.754. The predicted molar refractivity (Wildman–Crippen MR) is 53.4 cm³/mol. The molecule has 82 valence electrons. The Labute approximate surface area is 84.8 Å². The predicted octanol–water partition coefficient (Wildman–Crippen LogP) is 1.80. The minimum Gasteiger partial charge on any atom is -0.465 e. The maximum Gasteiger partial charge on any atom is 0.407 e. The van der Waals surface area contributed by atoms with Gasteiger partial charge in [-0.2, -0.15) is 0 Å². The number of hydrogen-bond donors (Lipinski definition) is 1. The summed E-state index contributed by atoms with van der Waals surface area (Å²) in [4.78, 5) is 12.1. The van der Waals surface area contributed by atoms with Gasteiger partial charge in [0.1, 0.15) is 0 Å². The van der Waals surface area contributed by atoms with E-state index >= 15 is 0 Å². The molecule has 0 aromatic carbocycles. The Morgan fingerprint density at radius 1 is 1.50 bits per heavy atom. The molecule has 1 amide bonds. The first-order chi connectivity index (χ1) is 6.59. The summed E-state index contributed by atoms with van der Waals surface area (Å²) >= 11 is 0. The summed E-state index contributed by atoms with van der Waals surface area (Å²) in [6.07, 6.45) is 3.69. The zero-order valence-electron chi connectivity index (χ0n) is 8.95. The highest BCUT2D eigenvalue weighted by molar-refractivity contribution is 5.64. The van der Waals surface area contributed by atoms with Crippen molar-refractivity contribution in [2.24, 2.45) is 5.41 Å². The van der Waals surface area contributed by atoms with Gasteiger partial charge < -0.3 is 14.7 Å². The highest BCUT2D eigenvalue weighted by Gasteiger charge is 2.35. The van der Waals surface area contributed by atoms with Crippen LogP contribution in [0.25, 0.3) is 0 Å². The van der Waals surface area contributed by atoms with Crippen LogP contribution in [0.4, 0.5) is 4.79 Å². The lowest BCUT2D eigenvalue weighted by molar-refractivity contribution is 0.0554. The van der Waals surface area contributed by atoms with E-state index < -0.39 is 6.09 Å². The third kappa shape index (κ3) is 2.61. The molecule has 0 saturated heterocycles. The molecule has 4 nitrogen and oxygen atoms in total. The Bertz CT molecular complexity index is 200. The van der Waals surface area contributed by atoms with E-state index in [2.05, 4.69) is 0 Å². The largest absolute Gasteiger partial charge is 0.465 e. The second-order valence-electron chi connectivity index (χ2n) is 4.28. The van der Waals surface area contributed by atoms with E-state index in [-0.39, 0.29) is 5.41 Å². The van der Waals surface area contributed by atoms with Crippen molar-refractivity contribution in [1.29, 1.82) is 0 Å². The summed E-state index contributed by atoms with van der Waals surface area (Å²) in [6, 6.07) is 0. The fraction of sp³-hybridized carbons (Fsp3) is 0.900. The van der Waals surface area contributed by atoms with Crippen LogP contribution in [-0.2, 0) is 4.74 Å². The molecule has 0 aliphatic heterocycles. The van der Waals surface area contributed by atoms with Crippen LogP contribution in [0.2, 0.25) is 0 Å². The van der Waals surface area contributed by atoms with Crippen LogP contribution in [0.5, 0.6) is 0 Å². The molecule has 1 N–H and O–H groups in total. The Morgan fingerprint density at radius 2 is 2.07 bits per heavy atom. The zero-order valence-corrected chi connectivity index (χ0v) is 8.95. The van der Waals surface area contributed by atoms with E-state index in [0.717, 1.165) is 12.8 Å². The van der Waals surface area contributed by atoms with E-state index in [1.807, 2.05) is 0 Å². The first-order valence-corrected chi connectivity index (χ1v) is 5.03. The van der Waals surface area contributed by atoms with Crippen molar-refractivity contribution < 1.29 is 14.6 Å². The smallest absolute Gasteiger partial charge is 0.407 e. The maximum atomic E-state index is 10.7. The second kappa shape index (κ2) is 4.64. The lowest BCUT2D eigenvalue weighted by Gasteiger charge is -2.31. The van der Waals surface area contributed by atoms with Crippen LogP contribution in [0.3, 0.4) is 0 Å². The van der Waals surface area contributed by atoms with Crippen LogP contribution < -0.4 is 0 Å². The number of nitrogens with zero attached hydrogens (tertiary/aromatic N) is 1. The molecule has 0 unspecified atom stereocenters. The van der Waals surface area contributed by atoms with Crippen LogP contribution in [0, 0.1) is 5.41 Å². The number of methoxy groups -OCH3 is 1. The van der Waals surface area contributed by atoms with E-state index in [1.165, 1.54) is 17.7 Å². The van der Waals surface area contributed by atoms with Crippen LogP contribution in [0.1, 0.15) is 25.7 Å². The summed E-state index contributed by atoms with van der Waals surface area (Å²) in [6.45, 7) is 1.26. The molecule has 0 radical (unpaired) electrons. The summed E-state index contributed by atoms with van der Waals surface area (Å²) in [5.74, 6) is 0. The van der Waals surface area contributed by atoms with Crippen LogP contribution in [-0.4, -0.2) is 43.4 Å². The molecule has 0 bridgehead atoms. The van der Waals surface area contributed by atoms with Gasteiger partial charge in [-0.3, -0.25) is 0 Å². The fourth-order valence-electron chi connectivity index (χ4n) is 2.35. The summed E-state index contributed by atoms with van der Waals surface area (Å²) in [7, 11) is 3.30. The van der Waals surface area contributed by atoms with Crippen molar-refractivity contribution in [3.8, 4) is 0 Å². The van der Waals surface area contributed by atoms with Gasteiger partial charge in [0.25, 0.3) is 0 Å². The molecule has 0 spiro atoms. The molecule has 4 heteroatoms. The van der Waals surface area contributed by atoms with Crippen molar-refractivity contribution in [3.63, 3.8) is 0 Å². The first-order valence-electron chi connectivity index (χ1n) is 5.03. The molecule has 0 aromatic heterocycles. The van der Waals surface area contributed by atoms with Gasteiger partial charge in [-0.15, -0.1) is 0 Å². The van der Waals surface area contributed by atoms with E-state index in [4.69, 9.17) is 9.84 Å². The molecule has 1 aliphatic rings. The molecule has 1 saturated carbocycles. The Balaban J connectivity index is 2.55. The van der Waals surface area contributed by atoms with Crippen molar-refractivity contribution in [1.82, 2.24) is 4.90 Å². The second-order valence-corrected chi connectivity index (χ2v) is 4.28. The number of hydrogen-bond acceptors (Lipinski definition) is 2. The van der Waals surface area contributed by atoms with Gasteiger partial charge in [0, 0.05) is 26.1 Å². The number of ether oxygens (including phenoxy) is 1. The topological polar surface area (TPSA) is 49.8 Å². The SMILES string of the molecule is COCC1(CN(C)C(=O)O)CCCC1. The molecule has 1 aliphatic carbocycles. The first kappa shape index (κ1) is 11.3. The number of carbonyl (C=O) groups is 1. The Morgan fingerprint density at radius 3 is 2.50 bits per heavy atom. The van der Waals surface area contributed by atoms with E-state index in [1.54, 1.807) is 14.2 Å². The monoisotopic (exact) mass is 201 g/mol. The lowest BCUT2D eigenvalue weighted by Crippen LogP contribution is -2.39. The molecule has 1 fully saturated rings. The molecule has 1 rings (SSSR count). The highest BCUT2D eigenvalue weighted by Crippen LogP contribution is 2.38. The van der Waals surface area contributed by atoms with Crippen LogP contribution in [0.15, 0.2) is 0 Å².